The van der Waals surface area contributed by atoms with E-state index in [1.165, 1.54) is 12.1 Å². The molecular formula is C18H16IN5O4S. The molecule has 1 aliphatic rings. The van der Waals surface area contributed by atoms with Gasteiger partial charge in [0, 0.05) is 29.4 Å². The fraction of sp³-hybridized carbons (Fsp3) is 0.222. The lowest BCUT2D eigenvalue weighted by Crippen LogP contribution is -2.58. The van der Waals surface area contributed by atoms with E-state index < -0.39 is 22.0 Å². The second-order valence-electron chi connectivity index (χ2n) is 6.46. The number of sulfonamides is 1. The second kappa shape index (κ2) is 7.80. The highest BCUT2D eigenvalue weighted by Gasteiger charge is 2.40. The minimum atomic E-state index is -3.94. The van der Waals surface area contributed by atoms with Crippen LogP contribution in [0.25, 0.3) is 11.0 Å². The number of rotatable bonds is 4. The number of carbonyl (C=O) groups is 1. The summed E-state index contributed by atoms with van der Waals surface area (Å²) in [6.45, 7) is 0.310. The van der Waals surface area contributed by atoms with Crippen LogP contribution in [0.1, 0.15) is 0 Å². The Hall–Kier alpha value is -2.38. The van der Waals surface area contributed by atoms with Gasteiger partial charge in [-0.2, -0.15) is 4.31 Å². The quantitative estimate of drug-likeness (QED) is 0.511. The number of piperazine rings is 1. The molecular weight excluding hydrogens is 509 g/mol. The predicted molar refractivity (Wildman–Crippen MR) is 114 cm³/mol. The molecule has 3 heterocycles. The van der Waals surface area contributed by atoms with Gasteiger partial charge in [-0.05, 0) is 52.9 Å². The first-order chi connectivity index (χ1) is 13.9. The zero-order chi connectivity index (χ0) is 20.6. The number of hydrogen-bond donors (Lipinski definition) is 1. The van der Waals surface area contributed by atoms with Crippen molar-refractivity contribution in [2.45, 2.75) is 10.9 Å². The largest absolute Gasteiger partial charge is 0.480 e. The van der Waals surface area contributed by atoms with Crippen molar-refractivity contribution in [3.05, 3.63) is 52.5 Å². The molecule has 29 heavy (non-hydrogen) atoms. The summed E-state index contributed by atoms with van der Waals surface area (Å²) >= 11 is 2.08. The Kier molecular flexibility index (Phi) is 5.36. The van der Waals surface area contributed by atoms with Crippen LogP contribution in [-0.4, -0.2) is 64.4 Å². The third-order valence-electron chi connectivity index (χ3n) is 4.69. The molecule has 0 aliphatic carbocycles. The van der Waals surface area contributed by atoms with Gasteiger partial charge in [-0.1, -0.05) is 0 Å². The number of benzene rings is 1. The lowest BCUT2D eigenvalue weighted by atomic mass is 10.2. The maximum Gasteiger partial charge on any atom is 0.323 e. The molecule has 9 nitrogen and oxygen atoms in total. The Bertz CT molecular complexity index is 1170. The molecule has 4 rings (SSSR count). The lowest BCUT2D eigenvalue weighted by molar-refractivity contribution is -0.141. The van der Waals surface area contributed by atoms with E-state index in [0.717, 1.165) is 7.88 Å². The third kappa shape index (κ3) is 3.89. The van der Waals surface area contributed by atoms with Gasteiger partial charge in [0.25, 0.3) is 0 Å². The number of hydrogen-bond acceptors (Lipinski definition) is 7. The van der Waals surface area contributed by atoms with Gasteiger partial charge in [-0.3, -0.25) is 9.78 Å². The van der Waals surface area contributed by atoms with E-state index in [-0.39, 0.29) is 18.0 Å². The van der Waals surface area contributed by atoms with E-state index in [1.807, 2.05) is 0 Å². The molecule has 150 valence electrons. The Balaban J connectivity index is 1.63. The fourth-order valence-electron chi connectivity index (χ4n) is 3.21. The highest BCUT2D eigenvalue weighted by molar-refractivity contribution is 14.1. The average molecular weight is 525 g/mol. The highest BCUT2D eigenvalue weighted by atomic mass is 127. The number of nitrogens with zero attached hydrogens (tertiary/aromatic N) is 5. The van der Waals surface area contributed by atoms with Crippen LogP contribution < -0.4 is 4.90 Å². The standard InChI is InChI=1S/C18H16IN5O4S/c19-12-1-3-13(4-2-12)29(27,28)24-8-7-23(11-16(24)18(25)26)17-10-21-15-9-20-6-5-14(15)22-17/h1-6,9-10,16H,7-8,11H2,(H,25,26)/t16-/m1/s1. The molecule has 3 aromatic rings. The Morgan fingerprint density at radius 3 is 2.59 bits per heavy atom. The van der Waals surface area contributed by atoms with Crippen LogP contribution in [0.5, 0.6) is 0 Å². The number of anilines is 1. The average Bonchev–Trinajstić information content (AvgIpc) is 2.73. The number of carboxylic acids is 1. The maximum atomic E-state index is 13.0. The van der Waals surface area contributed by atoms with Gasteiger partial charge < -0.3 is 10.0 Å². The number of aliphatic carboxylic acids is 1. The molecule has 11 heteroatoms. The van der Waals surface area contributed by atoms with E-state index in [4.69, 9.17) is 0 Å². The van der Waals surface area contributed by atoms with Crippen LogP contribution in [0.4, 0.5) is 5.82 Å². The molecule has 0 spiro atoms. The van der Waals surface area contributed by atoms with E-state index in [9.17, 15) is 18.3 Å². The van der Waals surface area contributed by atoms with Crippen molar-refractivity contribution in [3.8, 4) is 0 Å². The summed E-state index contributed by atoms with van der Waals surface area (Å²) in [7, 11) is -3.94. The summed E-state index contributed by atoms with van der Waals surface area (Å²) in [4.78, 5) is 26.5. The molecule has 1 aliphatic heterocycles. The number of aromatic nitrogens is 3. The van der Waals surface area contributed by atoms with Crippen LogP contribution in [-0.2, 0) is 14.8 Å². The van der Waals surface area contributed by atoms with Crippen LogP contribution in [0.2, 0.25) is 0 Å². The number of pyridine rings is 1. The van der Waals surface area contributed by atoms with E-state index in [1.54, 1.807) is 41.7 Å². The van der Waals surface area contributed by atoms with Gasteiger partial charge >= 0.3 is 5.97 Å². The zero-order valence-corrected chi connectivity index (χ0v) is 18.0. The third-order valence-corrected chi connectivity index (χ3v) is 7.33. The molecule has 1 fully saturated rings. The van der Waals surface area contributed by atoms with Crippen LogP contribution in [0, 0.1) is 3.57 Å². The fourth-order valence-corrected chi connectivity index (χ4v) is 5.13. The van der Waals surface area contributed by atoms with Crippen molar-refractivity contribution in [2.24, 2.45) is 0 Å². The Morgan fingerprint density at radius 2 is 1.86 bits per heavy atom. The Labute approximate surface area is 180 Å². The highest BCUT2D eigenvalue weighted by Crippen LogP contribution is 2.25. The first-order valence-corrected chi connectivity index (χ1v) is 11.2. The maximum absolute atomic E-state index is 13.0. The molecule has 1 N–H and O–H groups in total. The van der Waals surface area contributed by atoms with Crippen LogP contribution in [0.3, 0.4) is 0 Å². The zero-order valence-electron chi connectivity index (χ0n) is 15.0. The van der Waals surface area contributed by atoms with Crippen LogP contribution in [0.15, 0.2) is 53.8 Å². The smallest absolute Gasteiger partial charge is 0.323 e. The summed E-state index contributed by atoms with van der Waals surface area (Å²) in [5.74, 6) is -0.706. The Morgan fingerprint density at radius 1 is 1.10 bits per heavy atom. The van der Waals surface area contributed by atoms with Crippen molar-refractivity contribution in [2.75, 3.05) is 24.5 Å². The van der Waals surface area contributed by atoms with E-state index in [0.29, 0.717) is 23.4 Å². The monoisotopic (exact) mass is 525 g/mol. The SMILES string of the molecule is O=C(O)[C@H]1CN(c2cnc3cnccc3n2)CCN1S(=O)(=O)c1ccc(I)cc1. The summed E-state index contributed by atoms with van der Waals surface area (Å²) in [6.07, 6.45) is 4.75. The van der Waals surface area contributed by atoms with Gasteiger partial charge in [0.05, 0.1) is 22.8 Å². The normalized spacial score (nSPS) is 18.1. The van der Waals surface area contributed by atoms with E-state index in [2.05, 4.69) is 37.5 Å². The summed E-state index contributed by atoms with van der Waals surface area (Å²) < 4.78 is 28.0. The van der Waals surface area contributed by atoms with Crippen LogP contribution >= 0.6 is 22.6 Å². The number of halogens is 1. The van der Waals surface area contributed by atoms with Crippen molar-refractivity contribution in [3.63, 3.8) is 0 Å². The van der Waals surface area contributed by atoms with Gasteiger partial charge in [0.15, 0.2) is 0 Å². The second-order valence-corrected chi connectivity index (χ2v) is 9.60. The number of carboxylic acid groups (broad SMARTS) is 1. The minimum absolute atomic E-state index is 0.0236. The molecule has 0 bridgehead atoms. The van der Waals surface area contributed by atoms with Crippen molar-refractivity contribution in [1.82, 2.24) is 19.3 Å². The van der Waals surface area contributed by atoms with Gasteiger partial charge in [-0.25, -0.2) is 18.4 Å². The van der Waals surface area contributed by atoms with Crippen molar-refractivity contribution in [1.29, 1.82) is 0 Å². The van der Waals surface area contributed by atoms with Gasteiger partial charge in [-0.15, -0.1) is 0 Å². The van der Waals surface area contributed by atoms with Crippen molar-refractivity contribution < 1.29 is 18.3 Å². The summed E-state index contributed by atoms with van der Waals surface area (Å²) in [5.41, 5.74) is 1.27. The molecule has 1 saturated heterocycles. The number of fused-ring (bicyclic) bond motifs is 1. The first kappa shape index (κ1) is 19.9. The molecule has 1 atom stereocenters. The first-order valence-electron chi connectivity index (χ1n) is 8.68. The summed E-state index contributed by atoms with van der Waals surface area (Å²) in [6, 6.07) is 6.83. The summed E-state index contributed by atoms with van der Waals surface area (Å²) in [5, 5.41) is 9.72. The minimum Gasteiger partial charge on any atom is -0.480 e. The molecule has 0 saturated carbocycles. The molecule has 0 unspecified atom stereocenters. The van der Waals surface area contributed by atoms with Gasteiger partial charge in [0.2, 0.25) is 10.0 Å². The predicted octanol–water partition coefficient (Wildman–Crippen LogP) is 1.59. The van der Waals surface area contributed by atoms with Gasteiger partial charge in [0.1, 0.15) is 17.4 Å². The molecule has 0 amide bonds. The molecule has 1 aromatic carbocycles. The molecule has 2 aromatic heterocycles. The van der Waals surface area contributed by atoms with Crippen molar-refractivity contribution >= 4 is 55.4 Å². The topological polar surface area (TPSA) is 117 Å². The van der Waals surface area contributed by atoms with E-state index >= 15 is 0 Å². The lowest BCUT2D eigenvalue weighted by Gasteiger charge is -2.38. The molecule has 0 radical (unpaired) electrons.